The van der Waals surface area contributed by atoms with E-state index < -0.39 is 6.61 Å². The molecule has 1 fully saturated rings. The Balaban J connectivity index is 1.72. The highest BCUT2D eigenvalue weighted by atomic mass is 19.3. The Labute approximate surface area is 126 Å². The van der Waals surface area contributed by atoms with E-state index >= 15 is 0 Å². The average molecular weight is 307 g/mol. The maximum absolute atomic E-state index is 12.4. The van der Waals surface area contributed by atoms with Gasteiger partial charge in [0.2, 0.25) is 5.91 Å². The number of rotatable bonds is 5. The van der Waals surface area contributed by atoms with Crippen LogP contribution in [0.5, 0.6) is 5.75 Å². The van der Waals surface area contributed by atoms with Gasteiger partial charge in [-0.2, -0.15) is 8.78 Å². The molecule has 0 unspecified atom stereocenters. The standard InChI is InChI=1S/C16H15F2NO3/c1-9-4-2-5-13(22-16(17)18)14(9)19-15(20)11-8-10(11)12-6-3-7-21-12/h2-7,10-11,16H,8H2,1H3,(H,19,20)/t10-,11-/m1/s1. The minimum absolute atomic E-state index is 0.0291. The summed E-state index contributed by atoms with van der Waals surface area (Å²) in [6.45, 7) is -1.21. The van der Waals surface area contributed by atoms with Gasteiger partial charge >= 0.3 is 6.61 Å². The summed E-state index contributed by atoms with van der Waals surface area (Å²) in [7, 11) is 0. The number of para-hydroxylation sites is 1. The number of nitrogens with one attached hydrogen (secondary N) is 1. The summed E-state index contributed by atoms with van der Waals surface area (Å²) in [5, 5.41) is 2.70. The molecule has 1 amide bonds. The fourth-order valence-corrected chi connectivity index (χ4v) is 2.51. The molecule has 1 N–H and O–H groups in total. The summed E-state index contributed by atoms with van der Waals surface area (Å²) in [5.74, 6) is 0.381. The van der Waals surface area contributed by atoms with Crippen molar-refractivity contribution in [3.63, 3.8) is 0 Å². The molecule has 4 nitrogen and oxygen atoms in total. The van der Waals surface area contributed by atoms with E-state index in [2.05, 4.69) is 10.1 Å². The molecule has 22 heavy (non-hydrogen) atoms. The summed E-state index contributed by atoms with van der Waals surface area (Å²) in [4.78, 5) is 12.3. The number of benzene rings is 1. The van der Waals surface area contributed by atoms with Crippen molar-refractivity contribution in [2.24, 2.45) is 5.92 Å². The van der Waals surface area contributed by atoms with Crippen molar-refractivity contribution in [2.75, 3.05) is 5.32 Å². The molecule has 6 heteroatoms. The van der Waals surface area contributed by atoms with Gasteiger partial charge < -0.3 is 14.5 Å². The monoisotopic (exact) mass is 307 g/mol. The number of hydrogen-bond acceptors (Lipinski definition) is 3. The predicted molar refractivity (Wildman–Crippen MR) is 76.0 cm³/mol. The number of halogens is 2. The first-order valence-corrected chi connectivity index (χ1v) is 6.95. The Bertz CT molecular complexity index is 670. The van der Waals surface area contributed by atoms with Crippen molar-refractivity contribution in [3.8, 4) is 5.75 Å². The molecule has 1 saturated carbocycles. The number of aryl methyl sites for hydroxylation is 1. The predicted octanol–water partition coefficient (Wildman–Crippen LogP) is 3.93. The molecule has 0 radical (unpaired) electrons. The Morgan fingerprint density at radius 3 is 2.86 bits per heavy atom. The molecule has 2 atom stereocenters. The van der Waals surface area contributed by atoms with Gasteiger partial charge in [-0.3, -0.25) is 4.79 Å². The van der Waals surface area contributed by atoms with Crippen molar-refractivity contribution >= 4 is 11.6 Å². The highest BCUT2D eigenvalue weighted by Gasteiger charge is 2.46. The SMILES string of the molecule is Cc1cccc(OC(F)F)c1NC(=O)[C@@H]1C[C@H]1c1ccco1. The number of alkyl halides is 2. The zero-order chi connectivity index (χ0) is 15.7. The second kappa shape index (κ2) is 5.79. The van der Waals surface area contributed by atoms with Crippen LogP contribution in [0, 0.1) is 12.8 Å². The number of ether oxygens (including phenoxy) is 1. The zero-order valence-corrected chi connectivity index (χ0v) is 11.9. The van der Waals surface area contributed by atoms with Crippen molar-refractivity contribution in [2.45, 2.75) is 25.9 Å². The molecule has 1 aliphatic rings. The summed E-state index contributed by atoms with van der Waals surface area (Å²) in [6.07, 6.45) is 2.26. The van der Waals surface area contributed by atoms with Crippen LogP contribution >= 0.6 is 0 Å². The lowest BCUT2D eigenvalue weighted by Crippen LogP contribution is -2.17. The molecule has 2 aromatic rings. The van der Waals surface area contributed by atoms with E-state index in [1.165, 1.54) is 6.07 Å². The smallest absolute Gasteiger partial charge is 0.387 e. The third-order valence-corrected chi connectivity index (χ3v) is 3.73. The van der Waals surface area contributed by atoms with Crippen LogP contribution in [0.3, 0.4) is 0 Å². The van der Waals surface area contributed by atoms with Crippen LogP contribution in [-0.4, -0.2) is 12.5 Å². The molecule has 1 aromatic carbocycles. The lowest BCUT2D eigenvalue weighted by molar-refractivity contribution is -0.117. The first-order valence-electron chi connectivity index (χ1n) is 6.95. The largest absolute Gasteiger partial charge is 0.469 e. The molecule has 1 aromatic heterocycles. The summed E-state index contributed by atoms with van der Waals surface area (Å²) < 4.78 is 34.6. The maximum Gasteiger partial charge on any atom is 0.387 e. The minimum atomic E-state index is -2.94. The number of furan rings is 1. The van der Waals surface area contributed by atoms with Crippen molar-refractivity contribution < 1.29 is 22.7 Å². The van der Waals surface area contributed by atoms with Crippen molar-refractivity contribution in [1.82, 2.24) is 0 Å². The topological polar surface area (TPSA) is 51.5 Å². The summed E-state index contributed by atoms with van der Waals surface area (Å²) in [6, 6.07) is 8.34. The first-order chi connectivity index (χ1) is 10.6. The second-order valence-corrected chi connectivity index (χ2v) is 5.28. The molecular weight excluding hydrogens is 292 g/mol. The van der Waals surface area contributed by atoms with E-state index in [1.807, 2.05) is 6.07 Å². The molecule has 0 spiro atoms. The fraction of sp³-hybridized carbons (Fsp3) is 0.312. The number of carbonyl (C=O) groups excluding carboxylic acids is 1. The quantitative estimate of drug-likeness (QED) is 0.910. The zero-order valence-electron chi connectivity index (χ0n) is 11.9. The van der Waals surface area contributed by atoms with Gasteiger partial charge in [0, 0.05) is 11.8 Å². The van der Waals surface area contributed by atoms with E-state index in [9.17, 15) is 13.6 Å². The van der Waals surface area contributed by atoms with Gasteiger partial charge in [0.25, 0.3) is 0 Å². The van der Waals surface area contributed by atoms with Gasteiger partial charge in [-0.25, -0.2) is 0 Å². The molecule has 0 bridgehead atoms. The lowest BCUT2D eigenvalue weighted by Gasteiger charge is -2.14. The minimum Gasteiger partial charge on any atom is -0.469 e. The molecule has 0 aliphatic heterocycles. The van der Waals surface area contributed by atoms with Gasteiger partial charge in [-0.1, -0.05) is 12.1 Å². The normalized spacial score (nSPS) is 20.0. The third-order valence-electron chi connectivity index (χ3n) is 3.73. The summed E-state index contributed by atoms with van der Waals surface area (Å²) >= 11 is 0. The molecule has 3 rings (SSSR count). The van der Waals surface area contributed by atoms with Gasteiger partial charge in [0.05, 0.1) is 12.0 Å². The van der Waals surface area contributed by atoms with Crippen LogP contribution in [0.2, 0.25) is 0 Å². The van der Waals surface area contributed by atoms with E-state index in [1.54, 1.807) is 31.4 Å². The molecule has 0 saturated heterocycles. The molecule has 116 valence electrons. The van der Waals surface area contributed by atoms with Crippen LogP contribution in [0.15, 0.2) is 41.0 Å². The van der Waals surface area contributed by atoms with E-state index in [0.717, 1.165) is 5.76 Å². The van der Waals surface area contributed by atoms with Gasteiger partial charge in [0.15, 0.2) is 0 Å². The number of amides is 1. The highest BCUT2D eigenvalue weighted by Crippen LogP contribution is 2.48. The first kappa shape index (κ1) is 14.6. The van der Waals surface area contributed by atoms with Crippen LogP contribution < -0.4 is 10.1 Å². The Hall–Kier alpha value is -2.37. The van der Waals surface area contributed by atoms with E-state index in [-0.39, 0.29) is 29.2 Å². The van der Waals surface area contributed by atoms with Gasteiger partial charge in [0.1, 0.15) is 11.5 Å². The lowest BCUT2D eigenvalue weighted by atomic mass is 10.1. The third kappa shape index (κ3) is 2.95. The second-order valence-electron chi connectivity index (χ2n) is 5.28. The Kier molecular flexibility index (Phi) is 3.83. The highest BCUT2D eigenvalue weighted by molar-refractivity contribution is 5.97. The van der Waals surface area contributed by atoms with Crippen LogP contribution in [0.25, 0.3) is 0 Å². The van der Waals surface area contributed by atoms with Crippen molar-refractivity contribution in [3.05, 3.63) is 47.9 Å². The molecular formula is C16H15F2NO3. The molecule has 1 aliphatic carbocycles. The van der Waals surface area contributed by atoms with Crippen LogP contribution in [0.1, 0.15) is 23.7 Å². The van der Waals surface area contributed by atoms with Gasteiger partial charge in [-0.05, 0) is 37.1 Å². The molecule has 1 heterocycles. The number of hydrogen-bond donors (Lipinski definition) is 1. The van der Waals surface area contributed by atoms with Crippen molar-refractivity contribution in [1.29, 1.82) is 0 Å². The fourth-order valence-electron chi connectivity index (χ4n) is 2.51. The number of carbonyl (C=O) groups is 1. The van der Waals surface area contributed by atoms with E-state index in [4.69, 9.17) is 4.42 Å². The maximum atomic E-state index is 12.4. The Morgan fingerprint density at radius 1 is 1.36 bits per heavy atom. The van der Waals surface area contributed by atoms with Crippen LogP contribution in [0.4, 0.5) is 14.5 Å². The average Bonchev–Trinajstić information content (AvgIpc) is 3.08. The van der Waals surface area contributed by atoms with Crippen LogP contribution in [-0.2, 0) is 4.79 Å². The Morgan fingerprint density at radius 2 is 2.18 bits per heavy atom. The van der Waals surface area contributed by atoms with Gasteiger partial charge in [-0.15, -0.1) is 0 Å². The van der Waals surface area contributed by atoms with E-state index in [0.29, 0.717) is 12.0 Å². The summed E-state index contributed by atoms with van der Waals surface area (Å²) in [5.41, 5.74) is 0.958. The number of anilines is 1.